The van der Waals surface area contributed by atoms with Gasteiger partial charge in [-0.2, -0.15) is 5.10 Å². The van der Waals surface area contributed by atoms with Crippen molar-refractivity contribution in [2.24, 2.45) is 0 Å². The average Bonchev–Trinajstić information content (AvgIpc) is 2.66. The molecule has 0 saturated carbocycles. The van der Waals surface area contributed by atoms with E-state index in [9.17, 15) is 9.90 Å². The fraction of sp³-hybridized carbons (Fsp3) is 0.333. The zero-order valence-electron chi connectivity index (χ0n) is 10.5. The van der Waals surface area contributed by atoms with Crippen molar-refractivity contribution < 1.29 is 14.3 Å². The van der Waals surface area contributed by atoms with Crippen LogP contribution < -0.4 is 0 Å². The highest BCUT2D eigenvalue weighted by Gasteiger charge is 2.16. The molecule has 0 bridgehead atoms. The minimum absolute atomic E-state index is 0.236. The van der Waals surface area contributed by atoms with Crippen LogP contribution in [0.3, 0.4) is 0 Å². The Morgan fingerprint density at radius 1 is 1.44 bits per heavy atom. The molecule has 0 radical (unpaired) electrons. The van der Waals surface area contributed by atoms with E-state index in [0.717, 1.165) is 0 Å². The standard InChI is InChI=1S/C12H16N2O3Si/c1-18(2)17-8-7-14-11(12(15)16)9-5-3-4-6-10(9)13-14/h3-6,18H,7-8H2,1-2H3,(H,15,16). The third-order valence-corrected chi connectivity index (χ3v) is 3.50. The van der Waals surface area contributed by atoms with Crippen LogP contribution in [0.5, 0.6) is 0 Å². The van der Waals surface area contributed by atoms with E-state index in [1.54, 1.807) is 6.07 Å². The smallest absolute Gasteiger partial charge is 0.354 e. The van der Waals surface area contributed by atoms with Gasteiger partial charge in [0.15, 0.2) is 14.7 Å². The van der Waals surface area contributed by atoms with Crippen LogP contribution in [-0.4, -0.2) is 36.5 Å². The summed E-state index contributed by atoms with van der Waals surface area (Å²) in [6.07, 6.45) is 0. The summed E-state index contributed by atoms with van der Waals surface area (Å²) < 4.78 is 7.08. The van der Waals surface area contributed by atoms with E-state index >= 15 is 0 Å². The maximum Gasteiger partial charge on any atom is 0.354 e. The Morgan fingerprint density at radius 2 is 2.17 bits per heavy atom. The van der Waals surface area contributed by atoms with Crippen LogP contribution in [-0.2, 0) is 11.0 Å². The summed E-state index contributed by atoms with van der Waals surface area (Å²) in [7, 11) is -1.08. The number of rotatable bonds is 5. The Balaban J connectivity index is 2.31. The van der Waals surface area contributed by atoms with Gasteiger partial charge in [0.25, 0.3) is 0 Å². The maximum absolute atomic E-state index is 11.3. The predicted octanol–water partition coefficient (Wildman–Crippen LogP) is 1.73. The van der Waals surface area contributed by atoms with E-state index in [-0.39, 0.29) is 5.69 Å². The summed E-state index contributed by atoms with van der Waals surface area (Å²) in [5.41, 5.74) is 0.941. The third kappa shape index (κ3) is 2.60. The molecule has 0 amide bonds. The molecule has 0 unspecified atom stereocenters. The molecular formula is C12H16N2O3Si. The van der Waals surface area contributed by atoms with Crippen molar-refractivity contribution in [2.45, 2.75) is 19.6 Å². The molecule has 2 rings (SSSR count). The lowest BCUT2D eigenvalue weighted by atomic mass is 10.2. The van der Waals surface area contributed by atoms with Gasteiger partial charge < -0.3 is 9.53 Å². The zero-order valence-corrected chi connectivity index (χ0v) is 11.6. The number of benzene rings is 1. The van der Waals surface area contributed by atoms with Crippen molar-refractivity contribution in [1.82, 2.24) is 9.78 Å². The minimum Gasteiger partial charge on any atom is -0.477 e. The highest BCUT2D eigenvalue weighted by Crippen LogP contribution is 2.18. The largest absolute Gasteiger partial charge is 0.477 e. The molecule has 96 valence electrons. The quantitative estimate of drug-likeness (QED) is 0.835. The van der Waals surface area contributed by atoms with Crippen LogP contribution in [0.1, 0.15) is 10.5 Å². The van der Waals surface area contributed by atoms with Gasteiger partial charge >= 0.3 is 5.97 Å². The molecule has 6 heteroatoms. The van der Waals surface area contributed by atoms with Gasteiger partial charge in [-0.3, -0.25) is 4.68 Å². The second kappa shape index (κ2) is 5.32. The molecule has 0 saturated heterocycles. The van der Waals surface area contributed by atoms with Gasteiger partial charge in [-0.1, -0.05) is 18.2 Å². The number of hydrogen-bond acceptors (Lipinski definition) is 3. The first-order valence-corrected chi connectivity index (χ1v) is 8.68. The average molecular weight is 264 g/mol. The number of carboxylic acids is 1. The monoisotopic (exact) mass is 264 g/mol. The molecular weight excluding hydrogens is 248 g/mol. The highest BCUT2D eigenvalue weighted by atomic mass is 28.3. The van der Waals surface area contributed by atoms with Gasteiger partial charge in [0.05, 0.1) is 18.7 Å². The van der Waals surface area contributed by atoms with Gasteiger partial charge in [-0.05, 0) is 19.2 Å². The predicted molar refractivity (Wildman–Crippen MR) is 71.5 cm³/mol. The second-order valence-electron chi connectivity index (χ2n) is 4.31. The van der Waals surface area contributed by atoms with Gasteiger partial charge in [-0.25, -0.2) is 4.79 Å². The number of fused-ring (bicyclic) bond motifs is 1. The Hall–Kier alpha value is -1.66. The number of nitrogens with zero attached hydrogens (tertiary/aromatic N) is 2. The lowest BCUT2D eigenvalue weighted by Crippen LogP contribution is -2.17. The Labute approximate surface area is 107 Å². The second-order valence-corrected chi connectivity index (χ2v) is 6.74. The van der Waals surface area contributed by atoms with Crippen molar-refractivity contribution in [3.63, 3.8) is 0 Å². The van der Waals surface area contributed by atoms with Crippen molar-refractivity contribution in [1.29, 1.82) is 0 Å². The van der Waals surface area contributed by atoms with Gasteiger partial charge in [0.1, 0.15) is 0 Å². The number of carbonyl (C=O) groups is 1. The molecule has 0 spiro atoms. The summed E-state index contributed by atoms with van der Waals surface area (Å²) in [5.74, 6) is -0.953. The number of carboxylic acid groups (broad SMARTS) is 1. The normalized spacial score (nSPS) is 11.3. The molecule has 1 heterocycles. The van der Waals surface area contributed by atoms with Gasteiger partial charge in [-0.15, -0.1) is 0 Å². The first-order valence-electron chi connectivity index (χ1n) is 5.90. The van der Waals surface area contributed by atoms with E-state index in [0.29, 0.717) is 24.1 Å². The topological polar surface area (TPSA) is 64.4 Å². The van der Waals surface area contributed by atoms with Crippen molar-refractivity contribution >= 4 is 25.9 Å². The fourth-order valence-corrected chi connectivity index (χ4v) is 2.42. The molecule has 5 nitrogen and oxygen atoms in total. The van der Waals surface area contributed by atoms with Crippen molar-refractivity contribution in [2.75, 3.05) is 6.61 Å². The maximum atomic E-state index is 11.3. The van der Waals surface area contributed by atoms with Gasteiger partial charge in [0.2, 0.25) is 0 Å². The summed E-state index contributed by atoms with van der Waals surface area (Å²) in [5, 5.41) is 14.2. The van der Waals surface area contributed by atoms with Crippen LogP contribution in [0, 0.1) is 0 Å². The third-order valence-electron chi connectivity index (χ3n) is 2.60. The van der Waals surface area contributed by atoms with Crippen molar-refractivity contribution in [3.8, 4) is 0 Å². The molecule has 0 fully saturated rings. The van der Waals surface area contributed by atoms with Crippen LogP contribution in [0.4, 0.5) is 0 Å². The first kappa shape index (κ1) is 12.8. The lowest BCUT2D eigenvalue weighted by Gasteiger charge is -2.07. The SMILES string of the molecule is C[SiH](C)OCCn1nc2ccccc2c1C(=O)O. The van der Waals surface area contributed by atoms with Crippen LogP contribution in [0.15, 0.2) is 24.3 Å². The van der Waals surface area contributed by atoms with E-state index in [4.69, 9.17) is 4.43 Å². The Bertz CT molecular complexity index is 565. The summed E-state index contributed by atoms with van der Waals surface area (Å²) in [6, 6.07) is 7.26. The molecule has 0 atom stereocenters. The first-order chi connectivity index (χ1) is 8.59. The molecule has 1 aromatic carbocycles. The molecule has 2 aromatic rings. The molecule has 0 aliphatic carbocycles. The highest BCUT2D eigenvalue weighted by molar-refractivity contribution is 6.48. The zero-order chi connectivity index (χ0) is 13.1. The molecule has 0 aliphatic rings. The van der Waals surface area contributed by atoms with Crippen molar-refractivity contribution in [3.05, 3.63) is 30.0 Å². The number of aromatic carboxylic acids is 1. The molecule has 1 N–H and O–H groups in total. The van der Waals surface area contributed by atoms with Gasteiger partial charge in [0, 0.05) is 5.39 Å². The molecule has 1 aromatic heterocycles. The number of hydrogen-bond donors (Lipinski definition) is 1. The summed E-state index contributed by atoms with van der Waals surface area (Å²) in [6.45, 7) is 5.15. The van der Waals surface area contributed by atoms with Crippen LogP contribution >= 0.6 is 0 Å². The molecule has 18 heavy (non-hydrogen) atoms. The van der Waals surface area contributed by atoms with E-state index in [1.807, 2.05) is 18.2 Å². The minimum atomic E-state index is -1.08. The van der Waals surface area contributed by atoms with E-state index < -0.39 is 15.0 Å². The Morgan fingerprint density at radius 3 is 2.83 bits per heavy atom. The fourth-order valence-electron chi connectivity index (χ4n) is 1.84. The summed E-state index contributed by atoms with van der Waals surface area (Å²) in [4.78, 5) is 11.3. The molecule has 0 aliphatic heterocycles. The summed E-state index contributed by atoms with van der Waals surface area (Å²) >= 11 is 0. The van der Waals surface area contributed by atoms with E-state index in [2.05, 4.69) is 18.2 Å². The Kier molecular flexibility index (Phi) is 3.78. The number of aromatic nitrogens is 2. The van der Waals surface area contributed by atoms with Crippen LogP contribution in [0.2, 0.25) is 13.1 Å². The lowest BCUT2D eigenvalue weighted by molar-refractivity contribution is 0.0684. The van der Waals surface area contributed by atoms with Crippen LogP contribution in [0.25, 0.3) is 10.9 Å². The van der Waals surface area contributed by atoms with E-state index in [1.165, 1.54) is 4.68 Å².